The topological polar surface area (TPSA) is 105 Å². The number of amides is 1. The number of para-hydroxylation sites is 1. The van der Waals surface area contributed by atoms with Gasteiger partial charge in [0, 0.05) is 25.2 Å². The summed E-state index contributed by atoms with van der Waals surface area (Å²) in [6.45, 7) is 5.41. The summed E-state index contributed by atoms with van der Waals surface area (Å²) in [4.78, 5) is 25.7. The second kappa shape index (κ2) is 11.0. The van der Waals surface area contributed by atoms with Crippen molar-refractivity contribution in [2.45, 2.75) is 39.0 Å². The van der Waals surface area contributed by atoms with Crippen LogP contribution in [0.25, 0.3) is 22.1 Å². The highest BCUT2D eigenvalue weighted by Crippen LogP contribution is 2.28. The average molecular weight is 512 g/mol. The Morgan fingerprint density at radius 2 is 1.92 bits per heavy atom. The van der Waals surface area contributed by atoms with Gasteiger partial charge in [0.2, 0.25) is 0 Å². The minimum atomic E-state index is -0.108. The van der Waals surface area contributed by atoms with E-state index in [2.05, 4.69) is 28.3 Å². The highest BCUT2D eigenvalue weighted by molar-refractivity contribution is 5.97. The fourth-order valence-corrected chi connectivity index (χ4v) is 4.73. The number of ether oxygens (including phenoxy) is 1. The molecule has 5 aromatic rings. The van der Waals surface area contributed by atoms with Crippen LogP contribution in [0.1, 0.15) is 60.2 Å². The maximum Gasteiger partial charge on any atom is 0.251 e. The summed E-state index contributed by atoms with van der Waals surface area (Å²) in [6, 6.07) is 18.8. The normalized spacial score (nSPS) is 12.2. The van der Waals surface area contributed by atoms with E-state index in [4.69, 9.17) is 9.72 Å². The van der Waals surface area contributed by atoms with Gasteiger partial charge >= 0.3 is 0 Å². The van der Waals surface area contributed by atoms with Crippen molar-refractivity contribution in [1.29, 1.82) is 0 Å². The van der Waals surface area contributed by atoms with Gasteiger partial charge in [0.15, 0.2) is 0 Å². The summed E-state index contributed by atoms with van der Waals surface area (Å²) in [5.41, 5.74) is 5.04. The number of rotatable bonds is 10. The van der Waals surface area contributed by atoms with E-state index in [0.29, 0.717) is 18.7 Å². The third-order valence-electron chi connectivity index (χ3n) is 6.80. The molecule has 2 heterocycles. The van der Waals surface area contributed by atoms with E-state index in [1.807, 2.05) is 54.9 Å². The third-order valence-corrected chi connectivity index (χ3v) is 6.80. The second-order valence-electron chi connectivity index (χ2n) is 9.59. The van der Waals surface area contributed by atoms with E-state index in [9.17, 15) is 9.90 Å². The van der Waals surface area contributed by atoms with Gasteiger partial charge in [-0.15, -0.1) is 0 Å². The summed E-state index contributed by atoms with van der Waals surface area (Å²) in [6.07, 6.45) is 2.63. The predicted molar refractivity (Wildman–Crippen MR) is 149 cm³/mol. The molecule has 0 fully saturated rings. The van der Waals surface area contributed by atoms with Gasteiger partial charge in [0.1, 0.15) is 23.1 Å². The molecular formula is C30H33N5O3. The number of imidazole rings is 2. The fourth-order valence-electron chi connectivity index (χ4n) is 4.73. The summed E-state index contributed by atoms with van der Waals surface area (Å²) in [5.74, 6) is 2.51. The lowest BCUT2D eigenvalue weighted by molar-refractivity contribution is 0.0953. The van der Waals surface area contributed by atoms with Crippen molar-refractivity contribution in [3.63, 3.8) is 0 Å². The molecule has 8 heteroatoms. The number of carbonyl (C=O) groups is 1. The zero-order chi connectivity index (χ0) is 26.6. The van der Waals surface area contributed by atoms with E-state index >= 15 is 0 Å². The quantitative estimate of drug-likeness (QED) is 0.216. The molecule has 0 aliphatic carbocycles. The lowest BCUT2D eigenvalue weighted by Crippen LogP contribution is -2.24. The van der Waals surface area contributed by atoms with Gasteiger partial charge in [0.25, 0.3) is 5.91 Å². The first kappa shape index (κ1) is 25.3. The van der Waals surface area contributed by atoms with Crippen molar-refractivity contribution in [3.8, 4) is 11.5 Å². The molecule has 3 aromatic carbocycles. The number of phenolic OH excluding ortho intramolecular Hbond substituents is 1. The maximum atomic E-state index is 12.9. The number of nitrogens with zero attached hydrogens (tertiary/aromatic N) is 3. The molecule has 3 N–H and O–H groups in total. The highest BCUT2D eigenvalue weighted by atomic mass is 16.5. The monoisotopic (exact) mass is 511 g/mol. The Kier molecular flexibility index (Phi) is 7.31. The lowest BCUT2D eigenvalue weighted by Gasteiger charge is -2.11. The van der Waals surface area contributed by atoms with Crippen molar-refractivity contribution in [2.75, 3.05) is 13.2 Å². The second-order valence-corrected chi connectivity index (χ2v) is 9.59. The molecule has 0 radical (unpaired) electrons. The minimum absolute atomic E-state index is 0.102. The number of nitrogens with one attached hydrogen (secondary N) is 2. The molecule has 0 bridgehead atoms. The van der Waals surface area contributed by atoms with Crippen LogP contribution in [0.4, 0.5) is 0 Å². The van der Waals surface area contributed by atoms with Crippen molar-refractivity contribution < 1.29 is 14.6 Å². The first-order valence-electron chi connectivity index (χ1n) is 13.1. The van der Waals surface area contributed by atoms with Gasteiger partial charge in [-0.1, -0.05) is 25.1 Å². The summed E-state index contributed by atoms with van der Waals surface area (Å²) in [7, 11) is 1.95. The summed E-state index contributed by atoms with van der Waals surface area (Å²) < 4.78 is 7.85. The van der Waals surface area contributed by atoms with E-state index in [0.717, 1.165) is 64.3 Å². The number of fused-ring (bicyclic) bond motifs is 2. The van der Waals surface area contributed by atoms with Crippen LogP contribution in [0.3, 0.4) is 0 Å². The van der Waals surface area contributed by atoms with E-state index in [1.54, 1.807) is 18.2 Å². The molecule has 8 nitrogen and oxygen atoms in total. The Balaban J connectivity index is 1.25. The standard InChI is InChI=1S/C30H33N5O3/c1-4-16-38-27-10-6-5-8-20(27)9-7-15-31-30(37)21-11-13-24-26(17-21)35(3)29(34-24)19(2)28-32-23-14-12-22(36)18-25(23)33-28/h5-6,8,10-14,17-19,36H,4,7,9,15-16H2,1-3H3,(H,31,37)(H,32,33). The third kappa shape index (κ3) is 5.20. The zero-order valence-electron chi connectivity index (χ0n) is 22.0. The van der Waals surface area contributed by atoms with E-state index in [-0.39, 0.29) is 17.6 Å². The van der Waals surface area contributed by atoms with E-state index in [1.165, 1.54) is 0 Å². The van der Waals surface area contributed by atoms with Crippen molar-refractivity contribution in [3.05, 3.63) is 83.4 Å². The van der Waals surface area contributed by atoms with Crippen molar-refractivity contribution in [2.24, 2.45) is 7.05 Å². The van der Waals surface area contributed by atoms with Gasteiger partial charge in [-0.3, -0.25) is 4.79 Å². The smallest absolute Gasteiger partial charge is 0.251 e. The first-order chi connectivity index (χ1) is 18.4. The van der Waals surface area contributed by atoms with Crippen molar-refractivity contribution in [1.82, 2.24) is 24.8 Å². The molecular weight excluding hydrogens is 478 g/mol. The number of benzene rings is 3. The molecule has 0 aliphatic rings. The molecule has 5 rings (SSSR count). The minimum Gasteiger partial charge on any atom is -0.508 e. The van der Waals surface area contributed by atoms with Crippen LogP contribution >= 0.6 is 0 Å². The van der Waals surface area contributed by atoms with Gasteiger partial charge in [0.05, 0.1) is 34.6 Å². The van der Waals surface area contributed by atoms with Crippen LogP contribution in [-0.4, -0.2) is 43.7 Å². The van der Waals surface area contributed by atoms with E-state index < -0.39 is 0 Å². The average Bonchev–Trinajstić information content (AvgIpc) is 3.50. The van der Waals surface area contributed by atoms with Crippen LogP contribution < -0.4 is 10.1 Å². The number of hydrogen-bond donors (Lipinski definition) is 3. The molecule has 0 saturated heterocycles. The molecule has 2 aromatic heterocycles. The highest BCUT2D eigenvalue weighted by Gasteiger charge is 2.20. The van der Waals surface area contributed by atoms with Gasteiger partial charge < -0.3 is 24.7 Å². The fraction of sp³-hybridized carbons (Fsp3) is 0.300. The van der Waals surface area contributed by atoms with Crippen molar-refractivity contribution >= 4 is 28.0 Å². The number of carbonyl (C=O) groups excluding carboxylic acids is 1. The summed E-state index contributed by atoms with van der Waals surface area (Å²) >= 11 is 0. The number of aromatic nitrogens is 4. The number of H-pyrrole nitrogens is 1. The molecule has 1 atom stereocenters. The number of aryl methyl sites for hydroxylation is 2. The largest absolute Gasteiger partial charge is 0.508 e. The predicted octanol–water partition coefficient (Wildman–Crippen LogP) is 5.46. The molecule has 0 aliphatic heterocycles. The van der Waals surface area contributed by atoms with Crippen LogP contribution in [0, 0.1) is 0 Å². The molecule has 1 amide bonds. The van der Waals surface area contributed by atoms with Crippen LogP contribution in [0.2, 0.25) is 0 Å². The Bertz CT molecular complexity index is 1590. The molecule has 38 heavy (non-hydrogen) atoms. The first-order valence-corrected chi connectivity index (χ1v) is 13.1. The SMILES string of the molecule is CCCOc1ccccc1CCCNC(=O)c1ccc2nc(C(C)c3nc4ccc(O)cc4[nH]3)n(C)c2c1. The number of phenols is 1. The number of aromatic hydroxyl groups is 1. The molecule has 1 unspecified atom stereocenters. The molecule has 196 valence electrons. The molecule has 0 spiro atoms. The maximum absolute atomic E-state index is 12.9. The number of hydrogen-bond acceptors (Lipinski definition) is 5. The summed E-state index contributed by atoms with van der Waals surface area (Å²) in [5, 5.41) is 12.8. The Morgan fingerprint density at radius 3 is 2.76 bits per heavy atom. The number of aromatic amines is 1. The van der Waals surface area contributed by atoms with Gasteiger partial charge in [-0.25, -0.2) is 9.97 Å². The molecule has 0 saturated carbocycles. The zero-order valence-corrected chi connectivity index (χ0v) is 22.0. The van der Waals surface area contributed by atoms with Gasteiger partial charge in [-0.05, 0) is 68.1 Å². The Morgan fingerprint density at radius 1 is 1.11 bits per heavy atom. The van der Waals surface area contributed by atoms with Crippen LogP contribution in [0.5, 0.6) is 11.5 Å². The Hall–Kier alpha value is -4.33. The van der Waals surface area contributed by atoms with Crippen LogP contribution in [-0.2, 0) is 13.5 Å². The van der Waals surface area contributed by atoms with Crippen LogP contribution in [0.15, 0.2) is 60.7 Å². The Labute approximate surface area is 221 Å². The van der Waals surface area contributed by atoms with Gasteiger partial charge in [-0.2, -0.15) is 0 Å². The lowest BCUT2D eigenvalue weighted by atomic mass is 10.1.